The summed E-state index contributed by atoms with van der Waals surface area (Å²) in [5.41, 5.74) is 1.35. The number of alkyl halides is 1. The number of thiophene rings is 1. The van der Waals surface area contributed by atoms with E-state index in [1.165, 1.54) is 20.5 Å². The zero-order valence-corrected chi connectivity index (χ0v) is 11.1. The summed E-state index contributed by atoms with van der Waals surface area (Å²) in [6.45, 7) is 2.15. The minimum absolute atomic E-state index is 0.948. The Balaban J connectivity index is 2.75. The SMILES string of the molecule is Cc1cc(Br)cc2cc(CBr)sc12. The normalized spacial score (nSPS) is 11.0. The van der Waals surface area contributed by atoms with Gasteiger partial charge in [0.1, 0.15) is 0 Å². The van der Waals surface area contributed by atoms with E-state index in [1.54, 1.807) is 0 Å². The molecule has 2 rings (SSSR count). The van der Waals surface area contributed by atoms with E-state index in [4.69, 9.17) is 0 Å². The molecular formula is C10H8Br2S. The minimum Gasteiger partial charge on any atom is -0.139 e. The molecule has 0 bridgehead atoms. The number of halogens is 2. The predicted octanol–water partition coefficient (Wildman–Crippen LogP) is 4.87. The molecule has 0 aliphatic carbocycles. The van der Waals surface area contributed by atoms with Crippen LogP contribution in [0.3, 0.4) is 0 Å². The highest BCUT2D eigenvalue weighted by Gasteiger charge is 2.04. The molecule has 0 aliphatic heterocycles. The summed E-state index contributed by atoms with van der Waals surface area (Å²) in [6.07, 6.45) is 0. The van der Waals surface area contributed by atoms with Crippen LogP contribution in [0, 0.1) is 6.92 Å². The molecule has 2 aromatic rings. The maximum Gasteiger partial charge on any atom is 0.0377 e. The Morgan fingerprint density at radius 3 is 2.77 bits per heavy atom. The van der Waals surface area contributed by atoms with E-state index < -0.39 is 0 Å². The van der Waals surface area contributed by atoms with Gasteiger partial charge in [-0.25, -0.2) is 0 Å². The summed E-state index contributed by atoms with van der Waals surface area (Å²) in [5, 5.41) is 2.29. The predicted molar refractivity (Wildman–Crippen MR) is 66.9 cm³/mol. The van der Waals surface area contributed by atoms with Crippen molar-refractivity contribution < 1.29 is 0 Å². The quantitative estimate of drug-likeness (QED) is 0.658. The zero-order chi connectivity index (χ0) is 9.42. The van der Waals surface area contributed by atoms with Crippen LogP contribution in [0.4, 0.5) is 0 Å². The molecule has 13 heavy (non-hydrogen) atoms. The highest BCUT2D eigenvalue weighted by molar-refractivity contribution is 9.10. The van der Waals surface area contributed by atoms with Gasteiger partial charge in [-0.15, -0.1) is 11.3 Å². The Morgan fingerprint density at radius 2 is 2.08 bits per heavy atom. The van der Waals surface area contributed by atoms with Crippen molar-refractivity contribution >= 4 is 53.3 Å². The molecule has 68 valence electrons. The third-order valence-corrected chi connectivity index (χ3v) is 4.67. The molecule has 1 aromatic carbocycles. The van der Waals surface area contributed by atoms with Crippen molar-refractivity contribution in [3.63, 3.8) is 0 Å². The maximum absolute atomic E-state index is 3.51. The van der Waals surface area contributed by atoms with Gasteiger partial charge in [0.15, 0.2) is 0 Å². The average Bonchev–Trinajstić information content (AvgIpc) is 2.47. The van der Waals surface area contributed by atoms with Gasteiger partial charge >= 0.3 is 0 Å². The van der Waals surface area contributed by atoms with Gasteiger partial charge in [-0.2, -0.15) is 0 Å². The fourth-order valence-electron chi connectivity index (χ4n) is 1.40. The van der Waals surface area contributed by atoms with Crippen LogP contribution in [0.2, 0.25) is 0 Å². The van der Waals surface area contributed by atoms with Crippen LogP contribution < -0.4 is 0 Å². The second-order valence-corrected chi connectivity index (χ2v) is 5.60. The number of hydrogen-bond acceptors (Lipinski definition) is 1. The number of aryl methyl sites for hydroxylation is 1. The number of benzene rings is 1. The summed E-state index contributed by atoms with van der Waals surface area (Å²) >= 11 is 8.85. The van der Waals surface area contributed by atoms with E-state index in [2.05, 4.69) is 57.0 Å². The van der Waals surface area contributed by atoms with Gasteiger partial charge in [-0.05, 0) is 36.1 Å². The highest BCUT2D eigenvalue weighted by atomic mass is 79.9. The van der Waals surface area contributed by atoms with E-state index >= 15 is 0 Å². The van der Waals surface area contributed by atoms with Crippen LogP contribution in [0.1, 0.15) is 10.4 Å². The van der Waals surface area contributed by atoms with Gasteiger partial charge in [0.25, 0.3) is 0 Å². The van der Waals surface area contributed by atoms with Gasteiger partial charge in [0.05, 0.1) is 0 Å². The van der Waals surface area contributed by atoms with Crippen LogP contribution in [-0.4, -0.2) is 0 Å². The van der Waals surface area contributed by atoms with Gasteiger partial charge in [0.2, 0.25) is 0 Å². The largest absolute Gasteiger partial charge is 0.139 e. The Labute approximate surface area is 98.2 Å². The molecule has 0 atom stereocenters. The van der Waals surface area contributed by atoms with Gasteiger partial charge in [-0.3, -0.25) is 0 Å². The fraction of sp³-hybridized carbons (Fsp3) is 0.200. The van der Waals surface area contributed by atoms with Gasteiger partial charge < -0.3 is 0 Å². The Kier molecular flexibility index (Phi) is 2.77. The molecule has 0 N–H and O–H groups in total. The molecule has 0 amide bonds. The molecule has 1 aromatic heterocycles. The maximum atomic E-state index is 3.51. The standard InChI is InChI=1S/C10H8Br2S/c1-6-2-8(12)3-7-4-9(5-11)13-10(6)7/h2-4H,5H2,1H3. The molecule has 0 fully saturated rings. The summed E-state index contributed by atoms with van der Waals surface area (Å²) < 4.78 is 2.56. The van der Waals surface area contributed by atoms with Crippen LogP contribution in [0.25, 0.3) is 10.1 Å². The Hall–Kier alpha value is 0.140. The number of hydrogen-bond donors (Lipinski definition) is 0. The molecule has 0 saturated carbocycles. The number of fused-ring (bicyclic) bond motifs is 1. The van der Waals surface area contributed by atoms with Crippen LogP contribution in [0.5, 0.6) is 0 Å². The first kappa shape index (κ1) is 9.69. The van der Waals surface area contributed by atoms with Gasteiger partial charge in [0, 0.05) is 19.4 Å². The molecule has 0 unspecified atom stereocenters. The van der Waals surface area contributed by atoms with Crippen LogP contribution in [-0.2, 0) is 5.33 Å². The zero-order valence-electron chi connectivity index (χ0n) is 7.10. The summed E-state index contributed by atoms with van der Waals surface area (Å²) in [4.78, 5) is 1.39. The van der Waals surface area contributed by atoms with Crippen LogP contribution in [0.15, 0.2) is 22.7 Å². The van der Waals surface area contributed by atoms with E-state index in [9.17, 15) is 0 Å². The smallest absolute Gasteiger partial charge is 0.0377 e. The molecule has 1 heterocycles. The second-order valence-electron chi connectivity index (χ2n) is 2.99. The van der Waals surface area contributed by atoms with Crippen molar-refractivity contribution in [3.8, 4) is 0 Å². The second kappa shape index (κ2) is 3.71. The lowest BCUT2D eigenvalue weighted by molar-refractivity contribution is 1.53. The Bertz CT molecular complexity index is 445. The first-order valence-corrected chi connectivity index (χ1v) is 6.68. The van der Waals surface area contributed by atoms with E-state index in [1.807, 2.05) is 11.3 Å². The third kappa shape index (κ3) is 1.83. The number of rotatable bonds is 1. The van der Waals surface area contributed by atoms with Crippen molar-refractivity contribution in [1.29, 1.82) is 0 Å². The van der Waals surface area contributed by atoms with Crippen molar-refractivity contribution in [2.45, 2.75) is 12.3 Å². The third-order valence-electron chi connectivity index (χ3n) is 1.95. The lowest BCUT2D eigenvalue weighted by atomic mass is 10.2. The van der Waals surface area contributed by atoms with E-state index in [-0.39, 0.29) is 0 Å². The minimum atomic E-state index is 0.948. The first-order valence-electron chi connectivity index (χ1n) is 3.95. The van der Waals surface area contributed by atoms with Crippen molar-refractivity contribution in [3.05, 3.63) is 33.1 Å². The van der Waals surface area contributed by atoms with E-state index in [0.717, 1.165) is 9.80 Å². The monoisotopic (exact) mass is 318 g/mol. The molecule has 0 aliphatic rings. The van der Waals surface area contributed by atoms with Crippen molar-refractivity contribution in [2.24, 2.45) is 0 Å². The summed E-state index contributed by atoms with van der Waals surface area (Å²) in [7, 11) is 0. The van der Waals surface area contributed by atoms with E-state index in [0.29, 0.717) is 0 Å². The first-order chi connectivity index (χ1) is 6.20. The van der Waals surface area contributed by atoms with Crippen LogP contribution >= 0.6 is 43.2 Å². The van der Waals surface area contributed by atoms with Crippen molar-refractivity contribution in [2.75, 3.05) is 0 Å². The lowest BCUT2D eigenvalue weighted by Crippen LogP contribution is -1.71. The molecule has 0 nitrogen and oxygen atoms in total. The highest BCUT2D eigenvalue weighted by Crippen LogP contribution is 2.32. The Morgan fingerprint density at radius 1 is 1.31 bits per heavy atom. The molecule has 3 heteroatoms. The molecular weight excluding hydrogens is 312 g/mol. The summed E-state index contributed by atoms with van der Waals surface area (Å²) in [5.74, 6) is 0. The van der Waals surface area contributed by atoms with Gasteiger partial charge in [-0.1, -0.05) is 31.9 Å². The average molecular weight is 320 g/mol. The molecule has 0 saturated heterocycles. The summed E-state index contributed by atoms with van der Waals surface area (Å²) in [6, 6.07) is 6.58. The lowest BCUT2D eigenvalue weighted by Gasteiger charge is -1.95. The molecule has 0 radical (unpaired) electrons. The fourth-order valence-corrected chi connectivity index (χ4v) is 3.46. The van der Waals surface area contributed by atoms with Crippen molar-refractivity contribution in [1.82, 2.24) is 0 Å². The topological polar surface area (TPSA) is 0 Å². The molecule has 0 spiro atoms.